The van der Waals surface area contributed by atoms with Crippen LogP contribution in [0.5, 0.6) is 0 Å². The van der Waals surface area contributed by atoms with Crippen LogP contribution in [0.15, 0.2) is 42.5 Å². The van der Waals surface area contributed by atoms with Gasteiger partial charge in [0.2, 0.25) is 11.8 Å². The van der Waals surface area contributed by atoms with Gasteiger partial charge in [0.05, 0.1) is 0 Å². The van der Waals surface area contributed by atoms with Crippen LogP contribution in [0.4, 0.5) is 5.69 Å². The van der Waals surface area contributed by atoms with Crippen LogP contribution >= 0.6 is 12.6 Å². The van der Waals surface area contributed by atoms with Crippen LogP contribution in [0, 0.1) is 0 Å². The number of amides is 2. The standard InChI is InChI=1S/C21H28N4O4S/c22-11-4-3-9-17(20(28)23-12-19(26)27)25-21(29)18(13-30)24-16-10-5-7-14-6-1-2-8-15(14)16/h1-2,5-8,10,17-18,24,30H,3-4,9,11-13,22H2,(H,23,28)(H,25,29)(H,26,27)/t17-,18-/m0/s1. The number of carbonyl (C=O) groups excluding carboxylic acids is 2. The highest BCUT2D eigenvalue weighted by molar-refractivity contribution is 7.80. The molecule has 8 nitrogen and oxygen atoms in total. The Hall–Kier alpha value is -2.78. The number of fused-ring (bicyclic) bond motifs is 1. The van der Waals surface area contributed by atoms with Gasteiger partial charge in [-0.05, 0) is 37.3 Å². The van der Waals surface area contributed by atoms with E-state index in [2.05, 4.69) is 28.6 Å². The molecule has 6 N–H and O–H groups in total. The lowest BCUT2D eigenvalue weighted by atomic mass is 10.1. The highest BCUT2D eigenvalue weighted by Crippen LogP contribution is 2.23. The van der Waals surface area contributed by atoms with Crippen LogP contribution in [-0.2, 0) is 14.4 Å². The van der Waals surface area contributed by atoms with E-state index >= 15 is 0 Å². The average molecular weight is 433 g/mol. The molecule has 0 aliphatic rings. The number of carboxylic acid groups (broad SMARTS) is 1. The Morgan fingerprint density at radius 1 is 1.00 bits per heavy atom. The zero-order valence-electron chi connectivity index (χ0n) is 16.6. The lowest BCUT2D eigenvalue weighted by Gasteiger charge is -2.23. The van der Waals surface area contributed by atoms with E-state index in [1.54, 1.807) is 0 Å². The molecular formula is C21H28N4O4S. The van der Waals surface area contributed by atoms with Crippen molar-refractivity contribution in [3.8, 4) is 0 Å². The molecule has 2 aromatic rings. The minimum atomic E-state index is -1.15. The summed E-state index contributed by atoms with van der Waals surface area (Å²) in [5.74, 6) is -1.87. The number of thiol groups is 1. The minimum absolute atomic E-state index is 0.210. The van der Waals surface area contributed by atoms with Gasteiger partial charge < -0.3 is 26.8 Å². The molecule has 0 heterocycles. The maximum absolute atomic E-state index is 12.9. The van der Waals surface area contributed by atoms with E-state index in [1.165, 1.54) is 0 Å². The lowest BCUT2D eigenvalue weighted by Crippen LogP contribution is -2.52. The normalized spacial score (nSPS) is 12.7. The summed E-state index contributed by atoms with van der Waals surface area (Å²) in [4.78, 5) is 36.0. The van der Waals surface area contributed by atoms with Crippen molar-refractivity contribution in [3.63, 3.8) is 0 Å². The number of carbonyl (C=O) groups is 3. The van der Waals surface area contributed by atoms with Gasteiger partial charge in [0.1, 0.15) is 18.6 Å². The summed E-state index contributed by atoms with van der Waals surface area (Å²) >= 11 is 4.29. The first-order valence-electron chi connectivity index (χ1n) is 9.81. The molecule has 0 spiro atoms. The van der Waals surface area contributed by atoms with Crippen LogP contribution < -0.4 is 21.7 Å². The van der Waals surface area contributed by atoms with Crippen molar-refractivity contribution in [1.82, 2.24) is 10.6 Å². The first kappa shape index (κ1) is 23.5. The van der Waals surface area contributed by atoms with E-state index in [0.29, 0.717) is 25.8 Å². The number of aliphatic carboxylic acids is 1. The third-order valence-corrected chi connectivity index (χ3v) is 4.98. The molecule has 2 rings (SSSR count). The second-order valence-corrected chi connectivity index (χ2v) is 7.23. The minimum Gasteiger partial charge on any atom is -0.480 e. The van der Waals surface area contributed by atoms with Crippen molar-refractivity contribution in [2.24, 2.45) is 5.73 Å². The Kier molecular flexibility index (Phi) is 9.43. The van der Waals surface area contributed by atoms with Gasteiger partial charge in [0, 0.05) is 16.8 Å². The first-order chi connectivity index (χ1) is 14.5. The van der Waals surface area contributed by atoms with Crippen molar-refractivity contribution in [2.75, 3.05) is 24.2 Å². The van der Waals surface area contributed by atoms with Gasteiger partial charge in [0.25, 0.3) is 0 Å². The van der Waals surface area contributed by atoms with Gasteiger partial charge in [-0.15, -0.1) is 0 Å². The highest BCUT2D eigenvalue weighted by atomic mass is 32.1. The number of nitrogens with one attached hydrogen (secondary N) is 3. The molecule has 162 valence electrons. The molecule has 2 atom stereocenters. The Bertz CT molecular complexity index is 872. The number of anilines is 1. The van der Waals surface area contributed by atoms with E-state index in [9.17, 15) is 14.4 Å². The quantitative estimate of drug-likeness (QED) is 0.222. The van der Waals surface area contributed by atoms with Gasteiger partial charge in [0.15, 0.2) is 0 Å². The second-order valence-electron chi connectivity index (χ2n) is 6.86. The SMILES string of the molecule is NCCCC[C@H](NC(=O)[C@H](CS)Nc1cccc2ccccc12)C(=O)NCC(=O)O. The third kappa shape index (κ3) is 6.93. The fourth-order valence-corrected chi connectivity index (χ4v) is 3.31. The van der Waals surface area contributed by atoms with E-state index in [0.717, 1.165) is 16.5 Å². The summed E-state index contributed by atoms with van der Waals surface area (Å²) in [7, 11) is 0. The number of hydrogen-bond donors (Lipinski definition) is 6. The Labute approximate surface area is 181 Å². The smallest absolute Gasteiger partial charge is 0.322 e. The van der Waals surface area contributed by atoms with Crippen molar-refractivity contribution in [3.05, 3.63) is 42.5 Å². The summed E-state index contributed by atoms with van der Waals surface area (Å²) < 4.78 is 0. The first-order valence-corrected chi connectivity index (χ1v) is 10.4. The predicted octanol–water partition coefficient (Wildman–Crippen LogP) is 1.36. The highest BCUT2D eigenvalue weighted by Gasteiger charge is 2.25. The third-order valence-electron chi connectivity index (χ3n) is 4.61. The number of hydrogen-bond acceptors (Lipinski definition) is 6. The maximum atomic E-state index is 12.9. The van der Waals surface area contributed by atoms with Gasteiger partial charge in [-0.1, -0.05) is 36.4 Å². The van der Waals surface area contributed by atoms with Gasteiger partial charge in [-0.25, -0.2) is 0 Å². The topological polar surface area (TPSA) is 134 Å². The Morgan fingerprint density at radius 3 is 2.43 bits per heavy atom. The number of carboxylic acids is 1. The summed E-state index contributed by atoms with van der Waals surface area (Å²) in [6.45, 7) is -0.0361. The zero-order valence-corrected chi connectivity index (χ0v) is 17.5. The van der Waals surface area contributed by atoms with E-state index in [-0.39, 0.29) is 11.7 Å². The molecule has 2 aromatic carbocycles. The van der Waals surface area contributed by atoms with E-state index < -0.39 is 30.5 Å². The van der Waals surface area contributed by atoms with Crippen LogP contribution in [0.25, 0.3) is 10.8 Å². The molecule has 0 aromatic heterocycles. The lowest BCUT2D eigenvalue weighted by molar-refractivity contribution is -0.138. The van der Waals surface area contributed by atoms with Crippen molar-refractivity contribution in [1.29, 1.82) is 0 Å². The molecule has 2 amide bonds. The zero-order chi connectivity index (χ0) is 21.9. The summed E-state index contributed by atoms with van der Waals surface area (Å²) in [6.07, 6.45) is 1.69. The molecule has 0 saturated carbocycles. The number of unbranched alkanes of at least 4 members (excludes halogenated alkanes) is 1. The van der Waals surface area contributed by atoms with Gasteiger partial charge >= 0.3 is 5.97 Å². The fourth-order valence-electron chi connectivity index (χ4n) is 3.05. The number of nitrogens with two attached hydrogens (primary N) is 1. The van der Waals surface area contributed by atoms with Crippen LogP contribution in [-0.4, -0.2) is 53.8 Å². The van der Waals surface area contributed by atoms with Crippen molar-refractivity contribution >= 4 is 46.9 Å². The maximum Gasteiger partial charge on any atom is 0.322 e. The van der Waals surface area contributed by atoms with Crippen molar-refractivity contribution in [2.45, 2.75) is 31.3 Å². The molecule has 0 bridgehead atoms. The van der Waals surface area contributed by atoms with Gasteiger partial charge in [-0.3, -0.25) is 14.4 Å². The molecule has 0 saturated heterocycles. The molecule has 0 fully saturated rings. The number of rotatable bonds is 12. The van der Waals surface area contributed by atoms with Crippen molar-refractivity contribution < 1.29 is 19.5 Å². The van der Waals surface area contributed by atoms with Crippen LogP contribution in [0.1, 0.15) is 19.3 Å². The Morgan fingerprint density at radius 2 is 1.73 bits per heavy atom. The summed E-state index contributed by atoms with van der Waals surface area (Å²) in [5, 5.41) is 19.0. The monoisotopic (exact) mass is 432 g/mol. The largest absolute Gasteiger partial charge is 0.480 e. The second kappa shape index (κ2) is 12.0. The van der Waals surface area contributed by atoms with Crippen LogP contribution in [0.3, 0.4) is 0 Å². The molecule has 0 unspecified atom stereocenters. The van der Waals surface area contributed by atoms with E-state index in [4.69, 9.17) is 10.8 Å². The van der Waals surface area contributed by atoms with Gasteiger partial charge in [-0.2, -0.15) is 12.6 Å². The molecule has 0 radical (unpaired) electrons. The van der Waals surface area contributed by atoms with E-state index in [1.807, 2.05) is 42.5 Å². The molecule has 0 aliphatic heterocycles. The summed E-state index contributed by atoms with van der Waals surface area (Å²) in [6, 6.07) is 12.0. The predicted molar refractivity (Wildman–Crippen MR) is 121 cm³/mol. The Balaban J connectivity index is 2.10. The molecule has 9 heteroatoms. The molecule has 0 aliphatic carbocycles. The number of benzene rings is 2. The fraction of sp³-hybridized carbons (Fsp3) is 0.381. The summed E-state index contributed by atoms with van der Waals surface area (Å²) in [5.41, 5.74) is 6.30. The van der Waals surface area contributed by atoms with Crippen LogP contribution in [0.2, 0.25) is 0 Å². The molecular weight excluding hydrogens is 404 g/mol. The molecule has 30 heavy (non-hydrogen) atoms. The average Bonchev–Trinajstić information content (AvgIpc) is 2.75.